The van der Waals surface area contributed by atoms with Crippen LogP contribution in [0.2, 0.25) is 0 Å². The molecular weight excluding hydrogens is 418 g/mol. The Balaban J connectivity index is 1.36. The number of aryl methyl sites for hydroxylation is 1. The molecule has 2 aromatic carbocycles. The van der Waals surface area contributed by atoms with Crippen molar-refractivity contribution in [2.75, 3.05) is 36.8 Å². The van der Waals surface area contributed by atoms with E-state index in [1.807, 2.05) is 36.1 Å². The molecule has 0 spiro atoms. The van der Waals surface area contributed by atoms with E-state index in [0.717, 1.165) is 11.3 Å². The van der Waals surface area contributed by atoms with E-state index in [0.29, 0.717) is 37.0 Å². The number of anilines is 1. The predicted molar refractivity (Wildman–Crippen MR) is 117 cm³/mol. The maximum atomic E-state index is 12.7. The second kappa shape index (κ2) is 9.13. The molecule has 0 N–H and O–H groups in total. The van der Waals surface area contributed by atoms with Crippen LogP contribution in [0, 0.1) is 17.0 Å². The van der Waals surface area contributed by atoms with Crippen molar-refractivity contribution in [2.45, 2.75) is 12.1 Å². The fourth-order valence-electron chi connectivity index (χ4n) is 3.52. The van der Waals surface area contributed by atoms with E-state index < -0.39 is 0 Å². The van der Waals surface area contributed by atoms with Crippen molar-refractivity contribution in [2.24, 2.45) is 0 Å². The van der Waals surface area contributed by atoms with Crippen molar-refractivity contribution in [1.82, 2.24) is 25.1 Å². The Morgan fingerprint density at radius 3 is 2.45 bits per heavy atom. The number of tetrazole rings is 1. The number of nitro benzene ring substituents is 1. The van der Waals surface area contributed by atoms with Crippen LogP contribution in [0.15, 0.2) is 53.7 Å². The normalized spacial score (nSPS) is 14.0. The number of carbonyl (C=O) groups excluding carboxylic acids is 1. The lowest BCUT2D eigenvalue weighted by molar-refractivity contribution is -0.384. The maximum absolute atomic E-state index is 12.7. The van der Waals surface area contributed by atoms with Gasteiger partial charge >= 0.3 is 0 Å². The van der Waals surface area contributed by atoms with Crippen molar-refractivity contribution in [3.05, 3.63) is 64.2 Å². The van der Waals surface area contributed by atoms with E-state index in [1.165, 1.54) is 17.8 Å². The molecule has 11 heteroatoms. The minimum atomic E-state index is -0.373. The van der Waals surface area contributed by atoms with E-state index in [9.17, 15) is 14.9 Å². The van der Waals surface area contributed by atoms with Gasteiger partial charge in [-0.05, 0) is 35.0 Å². The summed E-state index contributed by atoms with van der Waals surface area (Å²) in [5, 5.41) is 23.7. The van der Waals surface area contributed by atoms with Gasteiger partial charge in [0.2, 0.25) is 11.1 Å². The molecule has 3 aromatic rings. The van der Waals surface area contributed by atoms with Crippen LogP contribution in [0.4, 0.5) is 11.4 Å². The summed E-state index contributed by atoms with van der Waals surface area (Å²) in [6.07, 6.45) is 0. The highest BCUT2D eigenvalue weighted by molar-refractivity contribution is 7.99. The molecule has 0 radical (unpaired) electrons. The average Bonchev–Trinajstić information content (AvgIpc) is 3.26. The lowest BCUT2D eigenvalue weighted by Crippen LogP contribution is -2.49. The molecule has 0 aliphatic carbocycles. The van der Waals surface area contributed by atoms with Gasteiger partial charge in [-0.2, -0.15) is 4.68 Å². The molecule has 0 bridgehead atoms. The monoisotopic (exact) mass is 439 g/mol. The van der Waals surface area contributed by atoms with Crippen LogP contribution in [0.1, 0.15) is 5.56 Å². The van der Waals surface area contributed by atoms with Gasteiger partial charge in [0, 0.05) is 32.2 Å². The topological polar surface area (TPSA) is 110 Å². The van der Waals surface area contributed by atoms with Gasteiger partial charge in [0.05, 0.1) is 16.4 Å². The van der Waals surface area contributed by atoms with E-state index in [2.05, 4.69) is 15.5 Å². The lowest BCUT2D eigenvalue weighted by atomic mass is 10.2. The number of amides is 1. The van der Waals surface area contributed by atoms with Crippen LogP contribution in [-0.2, 0) is 4.79 Å². The molecule has 31 heavy (non-hydrogen) atoms. The first-order valence-electron chi connectivity index (χ1n) is 9.78. The molecule has 0 saturated carbocycles. The molecule has 160 valence electrons. The van der Waals surface area contributed by atoms with Gasteiger partial charge in [-0.15, -0.1) is 5.10 Å². The van der Waals surface area contributed by atoms with Crippen LogP contribution in [0.5, 0.6) is 0 Å². The molecule has 1 saturated heterocycles. The predicted octanol–water partition coefficient (Wildman–Crippen LogP) is 2.32. The van der Waals surface area contributed by atoms with Crippen molar-refractivity contribution in [1.29, 1.82) is 0 Å². The number of thioether (sulfide) groups is 1. The molecule has 1 aliphatic rings. The molecule has 1 aliphatic heterocycles. The Bertz CT molecular complexity index is 1100. The maximum Gasteiger partial charge on any atom is 0.292 e. The third kappa shape index (κ3) is 4.50. The second-order valence-corrected chi connectivity index (χ2v) is 8.00. The highest BCUT2D eigenvalue weighted by Crippen LogP contribution is 2.28. The summed E-state index contributed by atoms with van der Waals surface area (Å²) in [6.45, 7) is 4.08. The molecule has 2 heterocycles. The van der Waals surface area contributed by atoms with E-state index in [4.69, 9.17) is 0 Å². The molecule has 0 atom stereocenters. The number of rotatable bonds is 6. The first-order valence-corrected chi connectivity index (χ1v) is 10.8. The molecule has 0 unspecified atom stereocenters. The largest absolute Gasteiger partial charge is 0.362 e. The van der Waals surface area contributed by atoms with Crippen molar-refractivity contribution in [3.63, 3.8) is 0 Å². The summed E-state index contributed by atoms with van der Waals surface area (Å²) < 4.78 is 1.64. The molecule has 10 nitrogen and oxygen atoms in total. The quantitative estimate of drug-likeness (QED) is 0.327. The minimum Gasteiger partial charge on any atom is -0.362 e. The lowest BCUT2D eigenvalue weighted by Gasteiger charge is -2.35. The Morgan fingerprint density at radius 2 is 1.74 bits per heavy atom. The van der Waals surface area contributed by atoms with Gasteiger partial charge < -0.3 is 9.80 Å². The summed E-state index contributed by atoms with van der Waals surface area (Å²) >= 11 is 1.30. The van der Waals surface area contributed by atoms with Crippen LogP contribution >= 0.6 is 11.8 Å². The number of piperazine rings is 1. The van der Waals surface area contributed by atoms with Crippen molar-refractivity contribution in [3.8, 4) is 5.69 Å². The molecule has 1 amide bonds. The van der Waals surface area contributed by atoms with Crippen LogP contribution in [0.25, 0.3) is 5.69 Å². The van der Waals surface area contributed by atoms with Gasteiger partial charge in [-0.1, -0.05) is 42.1 Å². The van der Waals surface area contributed by atoms with Crippen molar-refractivity contribution >= 4 is 29.0 Å². The highest BCUT2D eigenvalue weighted by atomic mass is 32.2. The van der Waals surface area contributed by atoms with Gasteiger partial charge in [0.15, 0.2) is 0 Å². The fraction of sp³-hybridized carbons (Fsp3) is 0.300. The van der Waals surface area contributed by atoms with Gasteiger partial charge in [-0.3, -0.25) is 14.9 Å². The van der Waals surface area contributed by atoms with Gasteiger partial charge in [0.25, 0.3) is 5.69 Å². The van der Waals surface area contributed by atoms with E-state index >= 15 is 0 Å². The van der Waals surface area contributed by atoms with E-state index in [1.54, 1.807) is 27.8 Å². The van der Waals surface area contributed by atoms with Gasteiger partial charge in [-0.25, -0.2) is 0 Å². The SMILES string of the molecule is Cc1ccccc1-n1nnnc1SCC(=O)N1CCN(c2ccccc2[N+](=O)[O-])CC1. The average molecular weight is 440 g/mol. The number of hydrogen-bond donors (Lipinski definition) is 0. The first-order chi connectivity index (χ1) is 15.0. The van der Waals surface area contributed by atoms with Gasteiger partial charge in [0.1, 0.15) is 5.69 Å². The first kappa shape index (κ1) is 20.8. The zero-order valence-corrected chi connectivity index (χ0v) is 17.7. The zero-order valence-electron chi connectivity index (χ0n) is 16.9. The van der Waals surface area contributed by atoms with E-state index in [-0.39, 0.29) is 22.3 Å². The second-order valence-electron chi connectivity index (χ2n) is 7.06. The Hall–Kier alpha value is -3.47. The third-order valence-electron chi connectivity index (χ3n) is 5.16. The number of nitro groups is 1. The summed E-state index contributed by atoms with van der Waals surface area (Å²) in [4.78, 5) is 27.4. The van der Waals surface area contributed by atoms with Crippen LogP contribution < -0.4 is 4.90 Å². The Labute approximate surface area is 183 Å². The number of benzene rings is 2. The summed E-state index contributed by atoms with van der Waals surface area (Å²) in [7, 11) is 0. The number of hydrogen-bond acceptors (Lipinski definition) is 8. The summed E-state index contributed by atoms with van der Waals surface area (Å²) in [5.74, 6) is 0.212. The molecule has 1 aromatic heterocycles. The molecule has 4 rings (SSSR count). The summed E-state index contributed by atoms with van der Waals surface area (Å²) in [5.41, 5.74) is 2.59. The number of aromatic nitrogens is 4. The third-order valence-corrected chi connectivity index (χ3v) is 6.06. The number of nitrogens with zero attached hydrogens (tertiary/aromatic N) is 7. The van der Waals surface area contributed by atoms with Crippen LogP contribution in [0.3, 0.4) is 0 Å². The fourth-order valence-corrected chi connectivity index (χ4v) is 4.31. The standard InChI is InChI=1S/C20H21N7O3S/c1-15-6-2-3-7-16(15)26-20(21-22-23-26)31-14-19(28)25-12-10-24(11-13-25)17-8-4-5-9-18(17)27(29)30/h2-9H,10-14H2,1H3. The smallest absolute Gasteiger partial charge is 0.292 e. The molecule has 1 fully saturated rings. The minimum absolute atomic E-state index is 0.00783. The zero-order chi connectivity index (χ0) is 21.8. The Morgan fingerprint density at radius 1 is 1.06 bits per heavy atom. The molecular formula is C20H21N7O3S. The number of carbonyl (C=O) groups is 1. The summed E-state index contributed by atoms with van der Waals surface area (Å²) in [6, 6.07) is 14.5. The van der Waals surface area contributed by atoms with Crippen molar-refractivity contribution < 1.29 is 9.72 Å². The highest BCUT2D eigenvalue weighted by Gasteiger charge is 2.26. The van der Waals surface area contributed by atoms with Crippen LogP contribution in [-0.4, -0.2) is 67.9 Å². The number of para-hydroxylation sites is 3. The Kier molecular flexibility index (Phi) is 6.12.